The van der Waals surface area contributed by atoms with Gasteiger partial charge in [0.25, 0.3) is 5.84 Å². The zero-order valence-electron chi connectivity index (χ0n) is 14.7. The third kappa shape index (κ3) is 3.47. The number of nitrogens with one attached hydrogen (secondary N) is 2. The number of carbonyl (C=O) groups excluding carboxylic acids is 2. The van der Waals surface area contributed by atoms with E-state index in [-0.39, 0.29) is 12.4 Å². The number of hydrogen-bond donors (Lipinski definition) is 2. The van der Waals surface area contributed by atoms with Gasteiger partial charge in [0.15, 0.2) is 0 Å². The van der Waals surface area contributed by atoms with E-state index in [2.05, 4.69) is 4.99 Å². The number of amides is 2. The molecule has 28 heavy (non-hydrogen) atoms. The third-order valence-electron chi connectivity index (χ3n) is 4.23. The zero-order valence-corrected chi connectivity index (χ0v) is 14.7. The maximum Gasteiger partial charge on any atom is 0.465 e. The number of benzene rings is 2. The predicted molar refractivity (Wildman–Crippen MR) is 91.1 cm³/mol. The molecule has 0 aromatic heterocycles. The van der Waals surface area contributed by atoms with E-state index < -0.39 is 29.5 Å². The van der Waals surface area contributed by atoms with Crippen molar-refractivity contribution in [3.8, 4) is 0 Å². The molecule has 146 valence electrons. The molecule has 1 aliphatic rings. The summed E-state index contributed by atoms with van der Waals surface area (Å²) >= 11 is 0. The minimum absolute atomic E-state index is 0.110. The van der Waals surface area contributed by atoms with Gasteiger partial charge in [0.05, 0.1) is 5.56 Å². The smallest absolute Gasteiger partial charge is 0.298 e. The average molecular weight is 394 g/mol. The molecule has 1 heterocycles. The summed E-state index contributed by atoms with van der Waals surface area (Å²) in [4.78, 5) is 27.4. The van der Waals surface area contributed by atoms with Crippen LogP contribution in [0.3, 0.4) is 0 Å². The maximum atomic E-state index is 13.9. The highest BCUT2D eigenvalue weighted by Crippen LogP contribution is 2.30. The number of alkyl halides is 3. The zero-order chi connectivity index (χ0) is 20.5. The lowest BCUT2D eigenvalue weighted by molar-refractivity contribution is -0.581. The molecule has 0 radical (unpaired) electrons. The molecule has 0 fully saturated rings. The Morgan fingerprint density at radius 3 is 2.25 bits per heavy atom. The Morgan fingerprint density at radius 2 is 1.71 bits per heavy atom. The van der Waals surface area contributed by atoms with Crippen LogP contribution in [0, 0.1) is 5.82 Å². The fourth-order valence-corrected chi connectivity index (χ4v) is 2.96. The summed E-state index contributed by atoms with van der Waals surface area (Å²) in [5, 5.41) is 1.72. The van der Waals surface area contributed by atoms with Crippen LogP contribution >= 0.6 is 0 Å². The molecule has 0 saturated carbocycles. The fraction of sp³-hybridized carbons (Fsp3) is 0.211. The number of hydrogen-bond acceptors (Lipinski definition) is 2. The van der Waals surface area contributed by atoms with Gasteiger partial charge >= 0.3 is 17.7 Å². The van der Waals surface area contributed by atoms with E-state index in [1.807, 2.05) is 0 Å². The van der Waals surface area contributed by atoms with Gasteiger partial charge in [-0.1, -0.05) is 30.3 Å². The summed E-state index contributed by atoms with van der Waals surface area (Å²) in [6, 6.07) is 13.0. The van der Waals surface area contributed by atoms with Crippen LogP contribution < -0.4 is 10.3 Å². The standard InChI is InChI=1S/C19H15F4N3O2/c1-12(27)24-18(19(21,22)23)17(28)26(11-13-7-9-15(20)10-8-13)16(25-18)14-5-3-2-4-6-14/h2-10H,11H2,1H3,(H,24,27)/p+1/t18-/m1/s1. The summed E-state index contributed by atoms with van der Waals surface area (Å²) in [7, 11) is 0. The average Bonchev–Trinajstić information content (AvgIpc) is 2.91. The third-order valence-corrected chi connectivity index (χ3v) is 4.23. The Labute approximate surface area is 157 Å². The summed E-state index contributed by atoms with van der Waals surface area (Å²) in [6.45, 7) is 0.654. The molecule has 2 aromatic carbocycles. The fourth-order valence-electron chi connectivity index (χ4n) is 2.96. The molecule has 0 bridgehead atoms. The van der Waals surface area contributed by atoms with Crippen LogP contribution in [0.5, 0.6) is 0 Å². The van der Waals surface area contributed by atoms with Crippen LogP contribution in [-0.2, 0) is 16.1 Å². The number of halogens is 4. The minimum Gasteiger partial charge on any atom is -0.298 e. The first-order chi connectivity index (χ1) is 13.1. The van der Waals surface area contributed by atoms with Crippen molar-refractivity contribution in [2.75, 3.05) is 0 Å². The molecule has 9 heteroatoms. The first-order valence-corrected chi connectivity index (χ1v) is 8.26. The number of amidine groups is 1. The van der Waals surface area contributed by atoms with Gasteiger partial charge in [0, 0.05) is 6.92 Å². The van der Waals surface area contributed by atoms with Gasteiger partial charge in [-0.25, -0.2) is 14.2 Å². The second-order valence-electron chi connectivity index (χ2n) is 6.29. The van der Waals surface area contributed by atoms with Crippen LogP contribution in [0.4, 0.5) is 17.6 Å². The molecule has 2 amide bonds. The van der Waals surface area contributed by atoms with Crippen molar-refractivity contribution in [2.45, 2.75) is 25.3 Å². The van der Waals surface area contributed by atoms with Gasteiger partial charge in [0.2, 0.25) is 5.91 Å². The highest BCUT2D eigenvalue weighted by atomic mass is 19.4. The van der Waals surface area contributed by atoms with E-state index in [1.54, 1.807) is 23.5 Å². The minimum atomic E-state index is -5.10. The summed E-state index contributed by atoms with van der Waals surface area (Å²) in [6.07, 6.45) is -5.10. The Hall–Kier alpha value is -3.23. The molecular formula is C19H16F4N3O2+. The van der Waals surface area contributed by atoms with Crippen molar-refractivity contribution in [1.29, 1.82) is 0 Å². The van der Waals surface area contributed by atoms with Crippen molar-refractivity contribution < 1.29 is 32.1 Å². The number of nitrogens with zero attached hydrogens (tertiary/aromatic N) is 1. The monoisotopic (exact) mass is 394 g/mol. The van der Waals surface area contributed by atoms with Crippen LogP contribution in [0.1, 0.15) is 18.1 Å². The summed E-state index contributed by atoms with van der Waals surface area (Å²) in [5.74, 6) is -3.02. The Morgan fingerprint density at radius 1 is 1.11 bits per heavy atom. The number of carbonyl (C=O) groups is 2. The Bertz CT molecular complexity index is 926. The lowest BCUT2D eigenvalue weighted by Gasteiger charge is -2.24. The molecule has 0 saturated heterocycles. The van der Waals surface area contributed by atoms with Crippen LogP contribution in [0.15, 0.2) is 54.6 Å². The van der Waals surface area contributed by atoms with Crippen molar-refractivity contribution in [1.82, 2.24) is 10.2 Å². The van der Waals surface area contributed by atoms with Crippen molar-refractivity contribution >= 4 is 17.6 Å². The van der Waals surface area contributed by atoms with E-state index in [9.17, 15) is 27.2 Å². The Balaban J connectivity index is 2.12. The quantitative estimate of drug-likeness (QED) is 0.763. The topological polar surface area (TPSA) is 63.4 Å². The second-order valence-corrected chi connectivity index (χ2v) is 6.29. The van der Waals surface area contributed by atoms with Gasteiger partial charge in [-0.05, 0) is 29.8 Å². The normalized spacial score (nSPS) is 19.5. The predicted octanol–water partition coefficient (Wildman–Crippen LogP) is 1.09. The molecule has 2 aromatic rings. The maximum absolute atomic E-state index is 13.9. The Kier molecular flexibility index (Phi) is 4.93. The number of rotatable bonds is 4. The SMILES string of the molecule is CC(=O)N[C@@]1(C(F)(F)F)[NH+]=C(c2ccccc2)N(Cc2ccc(F)cc2)C1=O. The van der Waals surface area contributed by atoms with E-state index >= 15 is 0 Å². The van der Waals surface area contributed by atoms with Crippen molar-refractivity contribution in [2.24, 2.45) is 0 Å². The molecule has 0 unspecified atom stereocenters. The van der Waals surface area contributed by atoms with Crippen molar-refractivity contribution in [3.63, 3.8) is 0 Å². The van der Waals surface area contributed by atoms with Crippen LogP contribution in [0.25, 0.3) is 0 Å². The molecule has 0 aliphatic carbocycles. The van der Waals surface area contributed by atoms with Crippen molar-refractivity contribution in [3.05, 3.63) is 71.5 Å². The van der Waals surface area contributed by atoms with E-state index in [0.29, 0.717) is 11.1 Å². The highest BCUT2D eigenvalue weighted by Gasteiger charge is 2.72. The molecule has 3 rings (SSSR count). The van der Waals surface area contributed by atoms with Crippen LogP contribution in [-0.4, -0.2) is 34.4 Å². The molecule has 5 nitrogen and oxygen atoms in total. The largest absolute Gasteiger partial charge is 0.465 e. The first kappa shape index (κ1) is 19.5. The second kappa shape index (κ2) is 7.06. The molecule has 1 aliphatic heterocycles. The molecule has 2 N–H and O–H groups in total. The first-order valence-electron chi connectivity index (χ1n) is 8.26. The van der Waals surface area contributed by atoms with E-state index in [0.717, 1.165) is 24.0 Å². The molecule has 0 spiro atoms. The van der Waals surface area contributed by atoms with Gasteiger partial charge < -0.3 is 0 Å². The lowest BCUT2D eigenvalue weighted by atomic mass is 10.1. The van der Waals surface area contributed by atoms with Gasteiger partial charge in [0.1, 0.15) is 12.4 Å². The van der Waals surface area contributed by atoms with Gasteiger partial charge in [-0.2, -0.15) is 18.1 Å². The van der Waals surface area contributed by atoms with E-state index in [1.165, 1.54) is 24.3 Å². The lowest BCUT2D eigenvalue weighted by Crippen LogP contribution is -2.96. The van der Waals surface area contributed by atoms with Gasteiger partial charge in [-0.3, -0.25) is 10.1 Å². The molecular weight excluding hydrogens is 378 g/mol. The summed E-state index contributed by atoms with van der Waals surface area (Å²) < 4.78 is 54.8. The molecule has 1 atom stereocenters. The van der Waals surface area contributed by atoms with E-state index in [4.69, 9.17) is 0 Å². The van der Waals surface area contributed by atoms with Crippen LogP contribution in [0.2, 0.25) is 0 Å². The van der Waals surface area contributed by atoms with Gasteiger partial charge in [-0.15, -0.1) is 0 Å². The summed E-state index contributed by atoms with van der Waals surface area (Å²) in [5.41, 5.74) is -2.54. The highest BCUT2D eigenvalue weighted by molar-refractivity contribution is 6.10.